The number of imide groups is 1. The summed E-state index contributed by atoms with van der Waals surface area (Å²) in [7, 11) is 0. The van der Waals surface area contributed by atoms with Gasteiger partial charge in [-0.15, -0.1) is 0 Å². The van der Waals surface area contributed by atoms with Gasteiger partial charge in [0.2, 0.25) is 23.6 Å². The Hall–Kier alpha value is -5.64. The molecule has 1 spiro atoms. The van der Waals surface area contributed by atoms with Crippen molar-refractivity contribution in [1.82, 2.24) is 20.1 Å². The van der Waals surface area contributed by atoms with Crippen molar-refractivity contribution >= 4 is 63.7 Å². The summed E-state index contributed by atoms with van der Waals surface area (Å²) in [6.07, 6.45) is -0.885. The highest BCUT2D eigenvalue weighted by Gasteiger charge is 2.60. The van der Waals surface area contributed by atoms with Crippen LogP contribution in [0.2, 0.25) is 0 Å². The molecule has 0 radical (unpaired) electrons. The molecule has 3 saturated heterocycles. The number of piperazine rings is 1. The second-order valence-corrected chi connectivity index (χ2v) is 16.8. The lowest BCUT2D eigenvalue weighted by atomic mass is 9.75. The number of piperidine rings is 1. The zero-order chi connectivity index (χ0) is 43.8. The van der Waals surface area contributed by atoms with Crippen molar-refractivity contribution in [2.75, 3.05) is 53.2 Å². The number of hydrogen-bond donors (Lipinski definition) is 3. The van der Waals surface area contributed by atoms with Crippen molar-refractivity contribution < 1.29 is 37.1 Å². The second-order valence-electron chi connectivity index (χ2n) is 16.5. The van der Waals surface area contributed by atoms with Crippen molar-refractivity contribution in [3.63, 3.8) is 0 Å². The first-order valence-electron chi connectivity index (χ1n) is 20.4. The molecule has 1 aromatic heterocycles. The molecule has 3 unspecified atom stereocenters. The summed E-state index contributed by atoms with van der Waals surface area (Å²) in [5.41, 5.74) is -0.205. The average Bonchev–Trinajstić information content (AvgIpc) is 3.43. The number of thiocarbonyl (C=S) groups is 1. The van der Waals surface area contributed by atoms with E-state index in [9.17, 15) is 37.6 Å². The van der Waals surface area contributed by atoms with Crippen molar-refractivity contribution in [2.24, 2.45) is 0 Å². The maximum absolute atomic E-state index is 14.0. The molecule has 3 aromatic rings. The number of halogens is 3. The molecule has 4 aliphatic rings. The Labute approximate surface area is 357 Å². The van der Waals surface area contributed by atoms with E-state index in [0.717, 1.165) is 29.0 Å². The van der Waals surface area contributed by atoms with Crippen LogP contribution in [0.3, 0.4) is 0 Å². The number of pyridine rings is 1. The number of amides is 4. The van der Waals surface area contributed by atoms with Crippen LogP contribution < -0.4 is 30.5 Å². The topological polar surface area (TPSA) is 163 Å². The third-order valence-corrected chi connectivity index (χ3v) is 12.3. The molecular formula is C43H48F3N9O5S. The second kappa shape index (κ2) is 17.4. The zero-order valence-electron chi connectivity index (χ0n) is 34.3. The molecule has 18 heteroatoms. The van der Waals surface area contributed by atoms with E-state index in [1.54, 1.807) is 41.4 Å². The molecule has 61 heavy (non-hydrogen) atoms. The number of ether oxygens (including phenoxy) is 1. The molecule has 1 saturated carbocycles. The van der Waals surface area contributed by atoms with Gasteiger partial charge in [-0.2, -0.15) is 18.4 Å². The van der Waals surface area contributed by atoms with E-state index >= 15 is 0 Å². The SMILES string of the molecule is CC(C)c1cc(N2C(=S)N(c3ccc(C#N)c(C(F)(F)F)c3)C(=O)C23CCC3)cnc1OCCN1CC(C)N(CC(=O)Nc2cccc(NC3CCC(=O)NC3=O)c2)C(C)C1. The summed E-state index contributed by atoms with van der Waals surface area (Å²) in [4.78, 5) is 62.9. The van der Waals surface area contributed by atoms with Crippen LogP contribution in [-0.4, -0.2) is 100.0 Å². The van der Waals surface area contributed by atoms with E-state index in [2.05, 4.69) is 44.6 Å². The van der Waals surface area contributed by atoms with E-state index < -0.39 is 34.8 Å². The Morgan fingerprint density at radius 1 is 1.07 bits per heavy atom. The molecule has 7 rings (SSSR count). The molecule has 3 atom stereocenters. The van der Waals surface area contributed by atoms with E-state index in [1.165, 1.54) is 6.07 Å². The summed E-state index contributed by atoms with van der Waals surface area (Å²) >= 11 is 5.82. The molecule has 4 heterocycles. The number of nitriles is 1. The summed E-state index contributed by atoms with van der Waals surface area (Å²) in [6.45, 7) is 10.7. The maximum atomic E-state index is 14.0. The fraction of sp³-hybridized carbons (Fsp3) is 0.465. The fourth-order valence-corrected chi connectivity index (χ4v) is 9.11. The van der Waals surface area contributed by atoms with Crippen molar-refractivity contribution in [3.8, 4) is 11.9 Å². The van der Waals surface area contributed by atoms with Crippen LogP contribution in [-0.2, 0) is 25.4 Å². The third kappa shape index (κ3) is 8.91. The van der Waals surface area contributed by atoms with Gasteiger partial charge >= 0.3 is 6.18 Å². The van der Waals surface area contributed by atoms with Gasteiger partial charge in [-0.1, -0.05) is 19.9 Å². The van der Waals surface area contributed by atoms with Gasteiger partial charge in [0.25, 0.3) is 5.91 Å². The van der Waals surface area contributed by atoms with Crippen molar-refractivity contribution in [2.45, 2.75) is 95.6 Å². The number of anilines is 4. The van der Waals surface area contributed by atoms with Crippen molar-refractivity contribution in [1.29, 1.82) is 5.26 Å². The van der Waals surface area contributed by atoms with Crippen LogP contribution >= 0.6 is 12.2 Å². The lowest BCUT2D eigenvalue weighted by molar-refractivity contribution is -0.138. The minimum Gasteiger partial charge on any atom is -0.476 e. The fourth-order valence-electron chi connectivity index (χ4n) is 8.64. The molecule has 3 aliphatic heterocycles. The van der Waals surface area contributed by atoms with Crippen LogP contribution in [0.25, 0.3) is 0 Å². The van der Waals surface area contributed by atoms with Gasteiger partial charge in [0.05, 0.1) is 41.3 Å². The molecule has 4 amide bonds. The van der Waals surface area contributed by atoms with Gasteiger partial charge in [-0.3, -0.25) is 39.2 Å². The smallest absolute Gasteiger partial charge is 0.417 e. The molecule has 322 valence electrons. The summed E-state index contributed by atoms with van der Waals surface area (Å²) in [5.74, 6) is -0.831. The standard InChI is InChI=1S/C43H48F3N9O5S/c1-25(2)33-18-32(55-41(61)54(40(59)42(55)13-6-14-42)31-10-9-28(20-47)34(19-31)43(44,45)46)21-48-39(33)60-16-15-52-22-26(3)53(27(4)23-52)24-37(57)50-30-8-5-7-29(17-30)49-35-11-12-36(56)51-38(35)58/h5,7-10,17-19,21,25-27,35,49H,6,11-16,22-24H2,1-4H3,(H,50,57)(H,51,56,58). The quantitative estimate of drug-likeness (QED) is 0.149. The number of nitrogens with one attached hydrogen (secondary N) is 3. The van der Waals surface area contributed by atoms with Gasteiger partial charge in [-0.05, 0) is 100 Å². The zero-order valence-corrected chi connectivity index (χ0v) is 35.2. The normalized spacial score (nSPS) is 22.0. The minimum absolute atomic E-state index is 0.0329. The number of carbonyl (C=O) groups excluding carboxylic acids is 4. The molecule has 2 aromatic carbocycles. The van der Waals surface area contributed by atoms with Crippen LogP contribution in [0.15, 0.2) is 54.7 Å². The Kier molecular flexibility index (Phi) is 12.4. The van der Waals surface area contributed by atoms with Crippen LogP contribution in [0.4, 0.5) is 35.9 Å². The monoisotopic (exact) mass is 859 g/mol. The number of hydrogen-bond acceptors (Lipinski definition) is 11. The van der Waals surface area contributed by atoms with Gasteiger partial charge in [0, 0.05) is 55.1 Å². The van der Waals surface area contributed by atoms with E-state index in [1.807, 2.05) is 19.9 Å². The van der Waals surface area contributed by atoms with E-state index in [-0.39, 0.29) is 59.5 Å². The molecule has 1 aliphatic carbocycles. The highest BCUT2D eigenvalue weighted by Crippen LogP contribution is 2.49. The van der Waals surface area contributed by atoms with Crippen LogP contribution in [0.1, 0.15) is 82.4 Å². The molecule has 14 nitrogen and oxygen atoms in total. The lowest BCUT2D eigenvalue weighted by Gasteiger charge is -2.44. The Bertz CT molecular complexity index is 2270. The van der Waals surface area contributed by atoms with Gasteiger partial charge in [-0.25, -0.2) is 4.98 Å². The average molecular weight is 860 g/mol. The Balaban J connectivity index is 0.957. The van der Waals surface area contributed by atoms with E-state index in [4.69, 9.17) is 17.0 Å². The molecule has 0 bridgehead atoms. The maximum Gasteiger partial charge on any atom is 0.417 e. The lowest BCUT2D eigenvalue weighted by Crippen LogP contribution is -2.58. The number of rotatable bonds is 12. The summed E-state index contributed by atoms with van der Waals surface area (Å²) in [6, 6.07) is 13.4. The number of benzene rings is 2. The van der Waals surface area contributed by atoms with Gasteiger partial charge in [0.15, 0.2) is 5.11 Å². The molecule has 4 fully saturated rings. The highest BCUT2D eigenvalue weighted by atomic mass is 32.1. The predicted molar refractivity (Wildman–Crippen MR) is 226 cm³/mol. The number of aromatic nitrogens is 1. The largest absolute Gasteiger partial charge is 0.476 e. The number of carbonyl (C=O) groups is 4. The molecule has 3 N–H and O–H groups in total. The Morgan fingerprint density at radius 2 is 1.79 bits per heavy atom. The number of nitrogens with zero attached hydrogens (tertiary/aromatic N) is 6. The van der Waals surface area contributed by atoms with Gasteiger partial charge < -0.3 is 20.3 Å². The first kappa shape index (κ1) is 43.4. The van der Waals surface area contributed by atoms with Crippen molar-refractivity contribution in [3.05, 3.63) is 71.4 Å². The number of alkyl halides is 3. The first-order valence-corrected chi connectivity index (χ1v) is 20.8. The van der Waals surface area contributed by atoms with Gasteiger partial charge in [0.1, 0.15) is 18.2 Å². The van der Waals surface area contributed by atoms with E-state index in [0.29, 0.717) is 68.4 Å². The minimum atomic E-state index is -4.80. The summed E-state index contributed by atoms with van der Waals surface area (Å²) in [5, 5.41) is 17.8. The van der Waals surface area contributed by atoms with Crippen LogP contribution in [0.5, 0.6) is 5.88 Å². The Morgan fingerprint density at radius 3 is 2.43 bits per heavy atom. The predicted octanol–water partition coefficient (Wildman–Crippen LogP) is 5.79. The third-order valence-electron chi connectivity index (χ3n) is 11.9. The first-order chi connectivity index (χ1) is 29.0. The highest BCUT2D eigenvalue weighted by molar-refractivity contribution is 7.81. The van der Waals surface area contributed by atoms with Crippen LogP contribution in [0, 0.1) is 11.3 Å². The molecular weight excluding hydrogens is 812 g/mol. The summed E-state index contributed by atoms with van der Waals surface area (Å²) < 4.78 is 48.0.